The fourth-order valence-electron chi connectivity index (χ4n) is 1.70. The van der Waals surface area contributed by atoms with Crippen LogP contribution in [-0.4, -0.2) is 23.9 Å². The first-order valence-electron chi connectivity index (χ1n) is 5.52. The number of halogens is 1. The Bertz CT molecular complexity index is 383. The van der Waals surface area contributed by atoms with Gasteiger partial charge in [0.1, 0.15) is 6.10 Å². The molecule has 0 spiro atoms. The molecule has 0 radical (unpaired) electrons. The van der Waals surface area contributed by atoms with E-state index in [9.17, 15) is 14.3 Å². The van der Waals surface area contributed by atoms with Crippen LogP contribution in [0.2, 0.25) is 0 Å². The molecule has 0 aliphatic rings. The van der Waals surface area contributed by atoms with Gasteiger partial charge in [-0.2, -0.15) is 0 Å². The molecule has 1 N–H and O–H groups in total. The number of rotatable bonds is 4. The molecular weight excluding hydrogens is 223 g/mol. The number of carbonyl (C=O) groups is 1. The van der Waals surface area contributed by atoms with E-state index in [1.807, 2.05) is 19.9 Å². The average molecular weight is 240 g/mol. The van der Waals surface area contributed by atoms with Crippen molar-refractivity contribution in [2.45, 2.75) is 33.0 Å². The molecule has 0 saturated heterocycles. The van der Waals surface area contributed by atoms with Gasteiger partial charge in [0.25, 0.3) is 0 Å². The van der Waals surface area contributed by atoms with E-state index in [2.05, 4.69) is 4.74 Å². The van der Waals surface area contributed by atoms with Crippen LogP contribution >= 0.6 is 0 Å². The van der Waals surface area contributed by atoms with Crippen molar-refractivity contribution in [2.24, 2.45) is 0 Å². The van der Waals surface area contributed by atoms with Crippen molar-refractivity contribution in [1.29, 1.82) is 0 Å². The molecule has 2 unspecified atom stereocenters. The smallest absolute Gasteiger partial charge is 0.343 e. The Morgan fingerprint density at radius 2 is 1.88 bits per heavy atom. The molecule has 0 amide bonds. The molecule has 2 atom stereocenters. The van der Waals surface area contributed by atoms with E-state index in [0.29, 0.717) is 5.56 Å². The highest BCUT2D eigenvalue weighted by molar-refractivity contribution is 5.75. The Kier molecular flexibility index (Phi) is 4.63. The van der Waals surface area contributed by atoms with Crippen LogP contribution in [0.25, 0.3) is 0 Å². The summed E-state index contributed by atoms with van der Waals surface area (Å²) in [7, 11) is 0. The Morgan fingerprint density at radius 1 is 1.35 bits per heavy atom. The molecule has 1 aromatic rings. The number of benzene rings is 1. The fourth-order valence-corrected chi connectivity index (χ4v) is 1.70. The van der Waals surface area contributed by atoms with E-state index < -0.39 is 18.2 Å². The molecule has 0 aliphatic carbocycles. The maximum Gasteiger partial charge on any atom is 0.343 e. The van der Waals surface area contributed by atoms with Crippen molar-refractivity contribution in [3.05, 3.63) is 34.9 Å². The van der Waals surface area contributed by atoms with Crippen molar-refractivity contribution in [1.82, 2.24) is 0 Å². The van der Waals surface area contributed by atoms with E-state index >= 15 is 0 Å². The summed E-state index contributed by atoms with van der Waals surface area (Å²) in [4.78, 5) is 11.2. The number of aliphatic hydroxyl groups excluding tert-OH is 1. The van der Waals surface area contributed by atoms with Gasteiger partial charge in [0, 0.05) is 0 Å². The van der Waals surface area contributed by atoms with Crippen LogP contribution in [0.4, 0.5) is 4.39 Å². The van der Waals surface area contributed by atoms with Crippen LogP contribution < -0.4 is 0 Å². The predicted molar refractivity (Wildman–Crippen MR) is 62.4 cm³/mol. The monoisotopic (exact) mass is 240 g/mol. The number of esters is 1. The molecule has 0 bridgehead atoms. The number of ether oxygens (including phenoxy) is 1. The molecule has 0 aromatic heterocycles. The molecule has 1 rings (SSSR count). The lowest BCUT2D eigenvalue weighted by Crippen LogP contribution is -2.26. The molecule has 0 saturated carbocycles. The van der Waals surface area contributed by atoms with Crippen molar-refractivity contribution < 1.29 is 19.0 Å². The van der Waals surface area contributed by atoms with Gasteiger partial charge in [0.2, 0.25) is 6.17 Å². The van der Waals surface area contributed by atoms with Crippen LogP contribution in [-0.2, 0) is 9.53 Å². The second-order valence-electron chi connectivity index (χ2n) is 4.02. The summed E-state index contributed by atoms with van der Waals surface area (Å²) in [6.07, 6.45) is -3.52. The third-order valence-electron chi connectivity index (χ3n) is 2.37. The van der Waals surface area contributed by atoms with Crippen LogP contribution in [0, 0.1) is 13.8 Å². The second-order valence-corrected chi connectivity index (χ2v) is 4.02. The van der Waals surface area contributed by atoms with E-state index in [-0.39, 0.29) is 6.61 Å². The van der Waals surface area contributed by atoms with Crippen LogP contribution in [0.3, 0.4) is 0 Å². The third kappa shape index (κ3) is 3.53. The third-order valence-corrected chi connectivity index (χ3v) is 2.37. The first kappa shape index (κ1) is 13.6. The Labute approximate surface area is 100 Å². The molecular formula is C13H17FO3. The average Bonchev–Trinajstić information content (AvgIpc) is 2.26. The highest BCUT2D eigenvalue weighted by atomic mass is 19.1. The number of aryl methyl sites for hydroxylation is 2. The number of hydrogen-bond donors (Lipinski definition) is 1. The van der Waals surface area contributed by atoms with Crippen molar-refractivity contribution in [3.8, 4) is 0 Å². The largest absolute Gasteiger partial charge is 0.464 e. The van der Waals surface area contributed by atoms with E-state index in [1.165, 1.54) is 0 Å². The van der Waals surface area contributed by atoms with Crippen molar-refractivity contribution in [3.63, 3.8) is 0 Å². The Balaban J connectivity index is 2.87. The molecule has 0 heterocycles. The number of carbonyl (C=O) groups excluding carboxylic acids is 1. The van der Waals surface area contributed by atoms with Crippen molar-refractivity contribution >= 4 is 5.97 Å². The van der Waals surface area contributed by atoms with E-state index in [1.54, 1.807) is 19.1 Å². The fraction of sp³-hybridized carbons (Fsp3) is 0.462. The lowest BCUT2D eigenvalue weighted by molar-refractivity contribution is -0.153. The minimum atomic E-state index is -2.05. The Morgan fingerprint density at radius 3 is 2.35 bits per heavy atom. The zero-order chi connectivity index (χ0) is 13.0. The standard InChI is InChI=1S/C13H17FO3/c1-4-17-13(16)11(14)12(15)10-6-8(2)5-9(3)7-10/h5-7,11-12,15H,4H2,1-3H3. The summed E-state index contributed by atoms with van der Waals surface area (Å²) in [6, 6.07) is 5.22. The predicted octanol–water partition coefficient (Wildman–Crippen LogP) is 2.24. The zero-order valence-corrected chi connectivity index (χ0v) is 10.2. The van der Waals surface area contributed by atoms with Crippen LogP contribution in [0.5, 0.6) is 0 Å². The van der Waals surface area contributed by atoms with Gasteiger partial charge < -0.3 is 9.84 Å². The molecule has 4 heteroatoms. The van der Waals surface area contributed by atoms with Gasteiger partial charge in [-0.05, 0) is 26.3 Å². The van der Waals surface area contributed by atoms with Crippen molar-refractivity contribution in [2.75, 3.05) is 6.61 Å². The molecule has 1 aromatic carbocycles. The quantitative estimate of drug-likeness (QED) is 0.821. The van der Waals surface area contributed by atoms with Gasteiger partial charge in [0.05, 0.1) is 6.61 Å². The summed E-state index contributed by atoms with van der Waals surface area (Å²) in [6.45, 7) is 5.38. The summed E-state index contributed by atoms with van der Waals surface area (Å²) in [5.41, 5.74) is 2.22. The Hall–Kier alpha value is -1.42. The first-order valence-corrected chi connectivity index (χ1v) is 5.52. The molecule has 3 nitrogen and oxygen atoms in total. The van der Waals surface area contributed by atoms with Gasteiger partial charge in [0.15, 0.2) is 0 Å². The maximum absolute atomic E-state index is 13.6. The summed E-state index contributed by atoms with van der Waals surface area (Å²) >= 11 is 0. The van der Waals surface area contributed by atoms with Gasteiger partial charge in [-0.25, -0.2) is 9.18 Å². The second kappa shape index (κ2) is 5.77. The molecule has 0 fully saturated rings. The minimum Gasteiger partial charge on any atom is -0.464 e. The lowest BCUT2D eigenvalue weighted by Gasteiger charge is -2.16. The van der Waals surface area contributed by atoms with E-state index in [4.69, 9.17) is 0 Å². The normalized spacial score (nSPS) is 14.2. The molecule has 0 aliphatic heterocycles. The lowest BCUT2D eigenvalue weighted by atomic mass is 10.0. The highest BCUT2D eigenvalue weighted by Crippen LogP contribution is 2.22. The summed E-state index contributed by atoms with van der Waals surface area (Å²) in [5.74, 6) is -1.03. The van der Waals surface area contributed by atoms with Gasteiger partial charge >= 0.3 is 5.97 Å². The summed E-state index contributed by atoms with van der Waals surface area (Å²) in [5, 5.41) is 9.76. The SMILES string of the molecule is CCOC(=O)C(F)C(O)c1cc(C)cc(C)c1. The summed E-state index contributed by atoms with van der Waals surface area (Å²) < 4.78 is 18.1. The van der Waals surface area contributed by atoms with E-state index in [0.717, 1.165) is 11.1 Å². The number of alkyl halides is 1. The molecule has 94 valence electrons. The van der Waals surface area contributed by atoms with Crippen LogP contribution in [0.1, 0.15) is 29.7 Å². The maximum atomic E-state index is 13.6. The van der Waals surface area contributed by atoms with Crippen LogP contribution in [0.15, 0.2) is 18.2 Å². The van der Waals surface area contributed by atoms with Gasteiger partial charge in [-0.3, -0.25) is 0 Å². The minimum absolute atomic E-state index is 0.0961. The topological polar surface area (TPSA) is 46.5 Å². The van der Waals surface area contributed by atoms with Gasteiger partial charge in [-0.15, -0.1) is 0 Å². The number of aliphatic hydroxyl groups is 1. The zero-order valence-electron chi connectivity index (χ0n) is 10.2. The highest BCUT2D eigenvalue weighted by Gasteiger charge is 2.29. The number of hydrogen-bond acceptors (Lipinski definition) is 3. The van der Waals surface area contributed by atoms with Gasteiger partial charge in [-0.1, -0.05) is 29.3 Å². The molecule has 17 heavy (non-hydrogen) atoms. The first-order chi connectivity index (χ1) is 7.95.